The molecule has 1 heteroatoms. The van der Waals surface area contributed by atoms with E-state index in [0.717, 1.165) is 17.6 Å². The van der Waals surface area contributed by atoms with Gasteiger partial charge in [0.15, 0.2) is 0 Å². The number of hydrogen-bond donors (Lipinski definition) is 0. The number of allylic oxidation sites excluding steroid dienone is 3. The first-order chi connectivity index (χ1) is 5.84. The molecule has 0 aliphatic heterocycles. The summed E-state index contributed by atoms with van der Waals surface area (Å²) >= 11 is 0. The van der Waals surface area contributed by atoms with Crippen LogP contribution in [-0.4, -0.2) is 4.98 Å². The zero-order valence-electron chi connectivity index (χ0n) is 7.33. The molecule has 0 unspecified atom stereocenters. The second-order valence-corrected chi connectivity index (χ2v) is 2.57. The Kier molecular flexibility index (Phi) is 3.27. The first-order valence-electron chi connectivity index (χ1n) is 4.10. The summed E-state index contributed by atoms with van der Waals surface area (Å²) in [7, 11) is 0. The molecule has 0 bridgehead atoms. The van der Waals surface area contributed by atoms with Crippen molar-refractivity contribution in [2.24, 2.45) is 0 Å². The van der Waals surface area contributed by atoms with Crippen LogP contribution in [0, 0.1) is 0 Å². The van der Waals surface area contributed by atoms with E-state index < -0.39 is 0 Å². The molecule has 0 fully saturated rings. The molecule has 1 nitrogen and oxygen atoms in total. The topological polar surface area (TPSA) is 12.9 Å². The van der Waals surface area contributed by atoms with Crippen LogP contribution in [0.5, 0.6) is 0 Å². The van der Waals surface area contributed by atoms with Crippen molar-refractivity contribution in [1.82, 2.24) is 4.98 Å². The van der Waals surface area contributed by atoms with Crippen LogP contribution < -0.4 is 0 Å². The maximum atomic E-state index is 3.95. The van der Waals surface area contributed by atoms with Gasteiger partial charge in [0, 0.05) is 12.4 Å². The number of rotatable bonds is 3. The predicted octanol–water partition coefficient (Wildman–Crippen LogP) is 3.06. The molecule has 1 rings (SSSR count). The fourth-order valence-electron chi connectivity index (χ4n) is 0.922. The highest BCUT2D eigenvalue weighted by atomic mass is 14.6. The van der Waals surface area contributed by atoms with Gasteiger partial charge in [-0.1, -0.05) is 25.7 Å². The normalized spacial score (nSPS) is 10.4. The Morgan fingerprint density at radius 1 is 1.50 bits per heavy atom. The second kappa shape index (κ2) is 4.50. The molecule has 0 N–H and O–H groups in total. The SMILES string of the molecule is C=C(C=CCC)c1ccncc1. The highest BCUT2D eigenvalue weighted by Crippen LogP contribution is 2.11. The summed E-state index contributed by atoms with van der Waals surface area (Å²) < 4.78 is 0. The monoisotopic (exact) mass is 159 g/mol. The fraction of sp³-hybridized carbons (Fsp3) is 0.182. The molecule has 1 aromatic rings. The summed E-state index contributed by atoms with van der Waals surface area (Å²) in [6.07, 6.45) is 8.74. The van der Waals surface area contributed by atoms with Crippen LogP contribution in [-0.2, 0) is 0 Å². The van der Waals surface area contributed by atoms with E-state index in [2.05, 4.69) is 24.6 Å². The zero-order valence-corrected chi connectivity index (χ0v) is 7.33. The maximum absolute atomic E-state index is 3.95. The van der Waals surface area contributed by atoms with Gasteiger partial charge in [-0.25, -0.2) is 0 Å². The van der Waals surface area contributed by atoms with Gasteiger partial charge in [0.25, 0.3) is 0 Å². The third-order valence-electron chi connectivity index (χ3n) is 1.61. The van der Waals surface area contributed by atoms with E-state index in [9.17, 15) is 0 Å². The van der Waals surface area contributed by atoms with Gasteiger partial charge in [-0.2, -0.15) is 0 Å². The van der Waals surface area contributed by atoms with Crippen LogP contribution in [0.3, 0.4) is 0 Å². The minimum atomic E-state index is 1.04. The molecule has 0 saturated carbocycles. The lowest BCUT2D eigenvalue weighted by Gasteiger charge is -1.97. The lowest BCUT2D eigenvalue weighted by Crippen LogP contribution is -1.78. The van der Waals surface area contributed by atoms with Crippen molar-refractivity contribution < 1.29 is 0 Å². The number of hydrogen-bond acceptors (Lipinski definition) is 1. The molecule has 0 aromatic carbocycles. The van der Waals surface area contributed by atoms with Gasteiger partial charge in [-0.3, -0.25) is 4.98 Å². The van der Waals surface area contributed by atoms with E-state index in [-0.39, 0.29) is 0 Å². The van der Waals surface area contributed by atoms with Crippen LogP contribution in [0.4, 0.5) is 0 Å². The molecule has 0 saturated heterocycles. The Labute approximate surface area is 73.5 Å². The minimum absolute atomic E-state index is 1.04. The number of aromatic nitrogens is 1. The molecule has 0 atom stereocenters. The Hall–Kier alpha value is -1.37. The van der Waals surface area contributed by atoms with E-state index in [1.54, 1.807) is 12.4 Å². The predicted molar refractivity (Wildman–Crippen MR) is 52.7 cm³/mol. The highest BCUT2D eigenvalue weighted by molar-refractivity contribution is 5.71. The third kappa shape index (κ3) is 2.35. The average molecular weight is 159 g/mol. The Morgan fingerprint density at radius 2 is 2.17 bits per heavy atom. The third-order valence-corrected chi connectivity index (χ3v) is 1.61. The Balaban J connectivity index is 2.72. The summed E-state index contributed by atoms with van der Waals surface area (Å²) in [5, 5.41) is 0. The largest absolute Gasteiger partial charge is 0.265 e. The summed E-state index contributed by atoms with van der Waals surface area (Å²) in [5.74, 6) is 0. The smallest absolute Gasteiger partial charge is 0.0273 e. The molecular weight excluding hydrogens is 146 g/mol. The van der Waals surface area contributed by atoms with Crippen LogP contribution in [0.25, 0.3) is 5.57 Å². The fourth-order valence-corrected chi connectivity index (χ4v) is 0.922. The minimum Gasteiger partial charge on any atom is -0.265 e. The van der Waals surface area contributed by atoms with Gasteiger partial charge in [0.05, 0.1) is 0 Å². The van der Waals surface area contributed by atoms with Crippen molar-refractivity contribution in [3.05, 3.63) is 48.8 Å². The average Bonchev–Trinajstić information content (AvgIpc) is 2.15. The van der Waals surface area contributed by atoms with Crippen LogP contribution in [0.2, 0.25) is 0 Å². The summed E-state index contributed by atoms with van der Waals surface area (Å²) in [6.45, 7) is 6.06. The quantitative estimate of drug-likeness (QED) is 0.618. The molecule has 0 aliphatic carbocycles. The molecule has 62 valence electrons. The van der Waals surface area contributed by atoms with Crippen LogP contribution in [0.15, 0.2) is 43.3 Å². The molecule has 12 heavy (non-hydrogen) atoms. The molecule has 0 spiro atoms. The van der Waals surface area contributed by atoms with E-state index >= 15 is 0 Å². The van der Waals surface area contributed by atoms with Crippen molar-refractivity contribution in [3.8, 4) is 0 Å². The van der Waals surface area contributed by atoms with Crippen molar-refractivity contribution in [2.45, 2.75) is 13.3 Å². The first-order valence-corrected chi connectivity index (χ1v) is 4.10. The molecule has 0 radical (unpaired) electrons. The summed E-state index contributed by atoms with van der Waals surface area (Å²) in [5.41, 5.74) is 2.17. The molecule has 0 aliphatic rings. The zero-order chi connectivity index (χ0) is 8.81. The molecule has 1 heterocycles. The summed E-state index contributed by atoms with van der Waals surface area (Å²) in [6, 6.07) is 3.92. The molecule has 1 aromatic heterocycles. The maximum Gasteiger partial charge on any atom is 0.0273 e. The van der Waals surface area contributed by atoms with E-state index in [1.165, 1.54) is 0 Å². The van der Waals surface area contributed by atoms with E-state index in [0.29, 0.717) is 0 Å². The van der Waals surface area contributed by atoms with Crippen molar-refractivity contribution in [2.75, 3.05) is 0 Å². The van der Waals surface area contributed by atoms with Gasteiger partial charge in [0.2, 0.25) is 0 Å². The van der Waals surface area contributed by atoms with E-state index in [4.69, 9.17) is 0 Å². The molecular formula is C11H13N. The van der Waals surface area contributed by atoms with Crippen LogP contribution in [0.1, 0.15) is 18.9 Å². The summed E-state index contributed by atoms with van der Waals surface area (Å²) in [4.78, 5) is 3.94. The van der Waals surface area contributed by atoms with E-state index in [1.807, 2.05) is 18.2 Å². The molecule has 0 amide bonds. The number of nitrogens with zero attached hydrogens (tertiary/aromatic N) is 1. The second-order valence-electron chi connectivity index (χ2n) is 2.57. The highest BCUT2D eigenvalue weighted by Gasteiger charge is 1.91. The van der Waals surface area contributed by atoms with Crippen molar-refractivity contribution in [3.63, 3.8) is 0 Å². The van der Waals surface area contributed by atoms with Crippen molar-refractivity contribution >= 4 is 5.57 Å². The van der Waals surface area contributed by atoms with Gasteiger partial charge >= 0.3 is 0 Å². The first kappa shape index (κ1) is 8.72. The Morgan fingerprint density at radius 3 is 2.75 bits per heavy atom. The lowest BCUT2D eigenvalue weighted by atomic mass is 10.1. The van der Waals surface area contributed by atoms with Crippen LogP contribution >= 0.6 is 0 Å². The van der Waals surface area contributed by atoms with Gasteiger partial charge in [-0.05, 0) is 29.7 Å². The van der Waals surface area contributed by atoms with Gasteiger partial charge in [-0.15, -0.1) is 0 Å². The lowest BCUT2D eigenvalue weighted by molar-refractivity contribution is 1.22. The Bertz CT molecular complexity index is 272. The van der Waals surface area contributed by atoms with Crippen molar-refractivity contribution in [1.29, 1.82) is 0 Å². The van der Waals surface area contributed by atoms with Gasteiger partial charge < -0.3 is 0 Å². The number of pyridine rings is 1. The standard InChI is InChI=1S/C11H13N/c1-3-4-5-10(2)11-6-8-12-9-7-11/h4-9H,2-3H2,1H3. The van der Waals surface area contributed by atoms with Gasteiger partial charge in [0.1, 0.15) is 0 Å².